The molecule has 1 aromatic heterocycles. The average molecular weight is 318 g/mol. The van der Waals surface area contributed by atoms with Gasteiger partial charge in [-0.1, -0.05) is 42.4 Å². The molecular weight excluding hydrogens is 296 g/mol. The van der Waals surface area contributed by atoms with Gasteiger partial charge in [-0.2, -0.15) is 0 Å². The van der Waals surface area contributed by atoms with E-state index in [2.05, 4.69) is 41.5 Å². The third-order valence-electron chi connectivity index (χ3n) is 3.46. The summed E-state index contributed by atoms with van der Waals surface area (Å²) in [6.45, 7) is 6.10. The second kappa shape index (κ2) is 7.45. The fourth-order valence-corrected chi connectivity index (χ4v) is 2.75. The maximum absolute atomic E-state index is 11.8. The number of amides is 1. The van der Waals surface area contributed by atoms with Crippen LogP contribution in [-0.4, -0.2) is 32.5 Å². The molecule has 0 aliphatic carbocycles. The van der Waals surface area contributed by atoms with Gasteiger partial charge in [-0.15, -0.1) is 10.2 Å². The van der Waals surface area contributed by atoms with Gasteiger partial charge in [0, 0.05) is 18.7 Å². The van der Waals surface area contributed by atoms with E-state index in [1.165, 1.54) is 17.3 Å². The van der Waals surface area contributed by atoms with E-state index in [9.17, 15) is 4.79 Å². The van der Waals surface area contributed by atoms with Crippen LogP contribution >= 0.6 is 11.8 Å². The molecule has 2 aromatic rings. The molecule has 1 heterocycles. The minimum Gasteiger partial charge on any atom is -0.353 e. The van der Waals surface area contributed by atoms with Crippen molar-refractivity contribution in [1.82, 2.24) is 20.1 Å². The lowest BCUT2D eigenvalue weighted by Gasteiger charge is -2.10. The van der Waals surface area contributed by atoms with E-state index in [0.717, 1.165) is 23.0 Å². The number of nitrogens with zero attached hydrogens (tertiary/aromatic N) is 3. The SMILES string of the molecule is CC[C@H](C)NC(=O)CSc1nnc(-c2cccc(C)c2)n1C. The first-order valence-electron chi connectivity index (χ1n) is 7.39. The predicted octanol–water partition coefficient (Wildman–Crippen LogP) is 2.80. The average Bonchev–Trinajstić information content (AvgIpc) is 2.86. The van der Waals surface area contributed by atoms with Crippen molar-refractivity contribution in [3.05, 3.63) is 29.8 Å². The molecule has 22 heavy (non-hydrogen) atoms. The second-order valence-corrected chi connectivity index (χ2v) is 6.34. The van der Waals surface area contributed by atoms with E-state index < -0.39 is 0 Å². The Balaban J connectivity index is 2.04. The molecule has 6 heteroatoms. The van der Waals surface area contributed by atoms with Gasteiger partial charge < -0.3 is 9.88 Å². The zero-order valence-corrected chi connectivity index (χ0v) is 14.3. The lowest BCUT2D eigenvalue weighted by molar-refractivity contribution is -0.119. The zero-order chi connectivity index (χ0) is 16.1. The summed E-state index contributed by atoms with van der Waals surface area (Å²) < 4.78 is 1.93. The van der Waals surface area contributed by atoms with Crippen molar-refractivity contribution in [2.24, 2.45) is 7.05 Å². The van der Waals surface area contributed by atoms with Crippen molar-refractivity contribution in [3.63, 3.8) is 0 Å². The Kier molecular flexibility index (Phi) is 5.60. The molecule has 0 fully saturated rings. The Morgan fingerprint density at radius 2 is 2.18 bits per heavy atom. The first kappa shape index (κ1) is 16.5. The number of aryl methyl sites for hydroxylation is 1. The number of carbonyl (C=O) groups excluding carboxylic acids is 1. The van der Waals surface area contributed by atoms with Crippen molar-refractivity contribution >= 4 is 17.7 Å². The van der Waals surface area contributed by atoms with E-state index in [0.29, 0.717) is 5.75 Å². The summed E-state index contributed by atoms with van der Waals surface area (Å²) in [4.78, 5) is 11.8. The van der Waals surface area contributed by atoms with Crippen molar-refractivity contribution in [1.29, 1.82) is 0 Å². The minimum atomic E-state index is 0.0273. The highest BCUT2D eigenvalue weighted by molar-refractivity contribution is 7.99. The molecule has 0 saturated carbocycles. The molecule has 2 rings (SSSR count). The summed E-state index contributed by atoms with van der Waals surface area (Å²) in [7, 11) is 1.92. The quantitative estimate of drug-likeness (QED) is 0.832. The highest BCUT2D eigenvalue weighted by Gasteiger charge is 2.13. The number of hydrogen-bond acceptors (Lipinski definition) is 4. The third-order valence-corrected chi connectivity index (χ3v) is 4.48. The van der Waals surface area contributed by atoms with Crippen molar-refractivity contribution in [3.8, 4) is 11.4 Å². The van der Waals surface area contributed by atoms with Crippen LogP contribution in [0.5, 0.6) is 0 Å². The molecular formula is C16H22N4OS. The smallest absolute Gasteiger partial charge is 0.230 e. The molecule has 0 saturated heterocycles. The predicted molar refractivity (Wildman–Crippen MR) is 89.8 cm³/mol. The summed E-state index contributed by atoms with van der Waals surface area (Å²) in [5, 5.41) is 12.1. The summed E-state index contributed by atoms with van der Waals surface area (Å²) >= 11 is 1.40. The molecule has 118 valence electrons. The lowest BCUT2D eigenvalue weighted by atomic mass is 10.1. The van der Waals surface area contributed by atoms with Gasteiger partial charge in [0.05, 0.1) is 5.75 Å². The van der Waals surface area contributed by atoms with Gasteiger partial charge in [0.25, 0.3) is 0 Å². The molecule has 1 amide bonds. The largest absolute Gasteiger partial charge is 0.353 e. The number of nitrogens with one attached hydrogen (secondary N) is 1. The summed E-state index contributed by atoms with van der Waals surface area (Å²) in [6, 6.07) is 8.35. The molecule has 0 bridgehead atoms. The minimum absolute atomic E-state index is 0.0273. The molecule has 0 spiro atoms. The highest BCUT2D eigenvalue weighted by atomic mass is 32.2. The Morgan fingerprint density at radius 3 is 2.86 bits per heavy atom. The van der Waals surface area contributed by atoms with Crippen LogP contribution in [0.15, 0.2) is 29.4 Å². The second-order valence-electron chi connectivity index (χ2n) is 5.40. The fourth-order valence-electron chi connectivity index (χ4n) is 2.02. The first-order valence-corrected chi connectivity index (χ1v) is 8.38. The Morgan fingerprint density at radius 1 is 1.41 bits per heavy atom. The molecule has 1 aromatic carbocycles. The van der Waals surface area contributed by atoms with Crippen LogP contribution in [0.4, 0.5) is 0 Å². The monoisotopic (exact) mass is 318 g/mol. The van der Waals surface area contributed by atoms with Crippen molar-refractivity contribution in [2.45, 2.75) is 38.4 Å². The first-order chi connectivity index (χ1) is 10.5. The lowest BCUT2D eigenvalue weighted by Crippen LogP contribution is -2.33. The van der Waals surface area contributed by atoms with Crippen molar-refractivity contribution in [2.75, 3.05) is 5.75 Å². The molecule has 0 aliphatic heterocycles. The number of rotatable bonds is 6. The number of aromatic nitrogens is 3. The van der Waals surface area contributed by atoms with Gasteiger partial charge in [-0.25, -0.2) is 0 Å². The van der Waals surface area contributed by atoms with Gasteiger partial charge in [0.2, 0.25) is 5.91 Å². The van der Waals surface area contributed by atoms with Crippen LogP contribution < -0.4 is 5.32 Å². The number of hydrogen-bond donors (Lipinski definition) is 1. The summed E-state index contributed by atoms with van der Waals surface area (Å²) in [5.41, 5.74) is 2.22. The molecule has 0 radical (unpaired) electrons. The van der Waals surface area contributed by atoms with Crippen LogP contribution in [0.3, 0.4) is 0 Å². The maximum atomic E-state index is 11.8. The van der Waals surface area contributed by atoms with Gasteiger partial charge >= 0.3 is 0 Å². The molecule has 1 atom stereocenters. The Hall–Kier alpha value is -1.82. The van der Waals surface area contributed by atoms with E-state index in [1.54, 1.807) is 0 Å². The van der Waals surface area contributed by atoms with Gasteiger partial charge in [-0.3, -0.25) is 4.79 Å². The molecule has 5 nitrogen and oxygen atoms in total. The highest BCUT2D eigenvalue weighted by Crippen LogP contribution is 2.23. The topological polar surface area (TPSA) is 59.8 Å². The number of benzene rings is 1. The van der Waals surface area contributed by atoms with Crippen LogP contribution in [0.25, 0.3) is 11.4 Å². The van der Waals surface area contributed by atoms with Crippen LogP contribution in [0.2, 0.25) is 0 Å². The molecule has 0 aliphatic rings. The van der Waals surface area contributed by atoms with E-state index in [1.807, 2.05) is 30.7 Å². The van der Waals surface area contributed by atoms with Crippen LogP contribution in [-0.2, 0) is 11.8 Å². The summed E-state index contributed by atoms with van der Waals surface area (Å²) in [5.74, 6) is 1.19. The normalized spacial score (nSPS) is 12.2. The van der Waals surface area contributed by atoms with Crippen LogP contribution in [0, 0.1) is 6.92 Å². The van der Waals surface area contributed by atoms with Gasteiger partial charge in [0.1, 0.15) is 0 Å². The van der Waals surface area contributed by atoms with E-state index in [4.69, 9.17) is 0 Å². The maximum Gasteiger partial charge on any atom is 0.230 e. The Bertz CT molecular complexity index is 653. The zero-order valence-electron chi connectivity index (χ0n) is 13.5. The summed E-state index contributed by atoms with van der Waals surface area (Å²) in [6.07, 6.45) is 0.928. The van der Waals surface area contributed by atoms with Gasteiger partial charge in [-0.05, 0) is 26.3 Å². The number of thioether (sulfide) groups is 1. The third kappa shape index (κ3) is 4.10. The van der Waals surface area contributed by atoms with Gasteiger partial charge in [0.15, 0.2) is 11.0 Å². The standard InChI is InChI=1S/C16H22N4OS/c1-5-12(3)17-14(21)10-22-16-19-18-15(20(16)4)13-8-6-7-11(2)9-13/h6-9,12H,5,10H2,1-4H3,(H,17,21)/t12-/m0/s1. The Labute approximate surface area is 135 Å². The molecule has 0 unspecified atom stereocenters. The van der Waals surface area contributed by atoms with E-state index >= 15 is 0 Å². The number of carbonyl (C=O) groups is 1. The van der Waals surface area contributed by atoms with Crippen molar-refractivity contribution < 1.29 is 4.79 Å². The van der Waals surface area contributed by atoms with Crippen LogP contribution in [0.1, 0.15) is 25.8 Å². The van der Waals surface area contributed by atoms with E-state index in [-0.39, 0.29) is 11.9 Å². The molecule has 1 N–H and O–H groups in total. The fraction of sp³-hybridized carbons (Fsp3) is 0.438.